The van der Waals surface area contributed by atoms with Gasteiger partial charge in [-0.3, -0.25) is 9.59 Å². The molecular weight excluding hydrogens is 328 g/mol. The predicted octanol–water partition coefficient (Wildman–Crippen LogP) is 2.55. The standard InChI is InChI=1S/C13H14N2O3S3/c1-8-10(5-12(17)18)21-13(15-8)20-7-11(16)14-6-9-3-2-4-19-9/h2-4H,5-7H2,1H3,(H,14,16)(H,17,18). The van der Waals surface area contributed by atoms with Crippen LogP contribution in [0.5, 0.6) is 0 Å². The summed E-state index contributed by atoms with van der Waals surface area (Å²) in [6.45, 7) is 2.33. The number of rotatable bonds is 7. The van der Waals surface area contributed by atoms with Crippen molar-refractivity contribution in [3.8, 4) is 0 Å². The number of thioether (sulfide) groups is 1. The van der Waals surface area contributed by atoms with Crippen molar-refractivity contribution < 1.29 is 14.7 Å². The van der Waals surface area contributed by atoms with Gasteiger partial charge in [-0.25, -0.2) is 4.98 Å². The molecule has 2 heterocycles. The molecule has 1 amide bonds. The van der Waals surface area contributed by atoms with Crippen LogP contribution in [0.15, 0.2) is 21.9 Å². The molecule has 0 radical (unpaired) electrons. The van der Waals surface area contributed by atoms with E-state index in [1.807, 2.05) is 17.5 Å². The number of thiazole rings is 1. The smallest absolute Gasteiger partial charge is 0.308 e. The maximum Gasteiger partial charge on any atom is 0.308 e. The van der Waals surface area contributed by atoms with Gasteiger partial charge in [-0.05, 0) is 18.4 Å². The number of carbonyl (C=O) groups is 2. The molecule has 0 unspecified atom stereocenters. The largest absolute Gasteiger partial charge is 0.481 e. The third-order valence-corrected chi connectivity index (χ3v) is 5.73. The molecule has 0 aliphatic heterocycles. The van der Waals surface area contributed by atoms with Crippen molar-refractivity contribution in [3.63, 3.8) is 0 Å². The molecule has 0 aromatic carbocycles. The fourth-order valence-corrected chi connectivity index (χ4v) is 4.24. The van der Waals surface area contributed by atoms with Crippen molar-refractivity contribution in [2.45, 2.75) is 24.2 Å². The second kappa shape index (κ2) is 7.58. The van der Waals surface area contributed by atoms with Crippen molar-refractivity contribution in [1.29, 1.82) is 0 Å². The molecule has 0 fully saturated rings. The summed E-state index contributed by atoms with van der Waals surface area (Å²) in [6, 6.07) is 3.92. The van der Waals surface area contributed by atoms with Crippen LogP contribution >= 0.6 is 34.4 Å². The number of thiophene rings is 1. The number of aromatic nitrogens is 1. The highest BCUT2D eigenvalue weighted by Gasteiger charge is 2.12. The minimum Gasteiger partial charge on any atom is -0.481 e. The van der Waals surface area contributed by atoms with Gasteiger partial charge in [0.1, 0.15) is 0 Å². The van der Waals surface area contributed by atoms with Crippen LogP contribution in [0.4, 0.5) is 0 Å². The molecule has 0 saturated heterocycles. The van der Waals surface area contributed by atoms with Crippen LogP contribution in [0.25, 0.3) is 0 Å². The predicted molar refractivity (Wildman–Crippen MR) is 85.1 cm³/mol. The fourth-order valence-electron chi connectivity index (χ4n) is 1.54. The first-order valence-corrected chi connectivity index (χ1v) is 8.82. The lowest BCUT2D eigenvalue weighted by Crippen LogP contribution is -2.24. The lowest BCUT2D eigenvalue weighted by Gasteiger charge is -2.01. The Kier molecular flexibility index (Phi) is 5.77. The Bertz CT molecular complexity index is 623. The highest BCUT2D eigenvalue weighted by molar-refractivity contribution is 8.01. The summed E-state index contributed by atoms with van der Waals surface area (Å²) >= 11 is 4.28. The molecule has 0 bridgehead atoms. The van der Waals surface area contributed by atoms with Gasteiger partial charge in [-0.2, -0.15) is 0 Å². The van der Waals surface area contributed by atoms with Gasteiger partial charge in [-0.1, -0.05) is 17.8 Å². The summed E-state index contributed by atoms with van der Waals surface area (Å²) in [7, 11) is 0. The second-order valence-corrected chi connectivity index (χ2v) is 7.54. The number of carboxylic acid groups (broad SMARTS) is 1. The van der Waals surface area contributed by atoms with Crippen molar-refractivity contribution in [3.05, 3.63) is 33.0 Å². The van der Waals surface area contributed by atoms with Gasteiger partial charge in [0, 0.05) is 9.75 Å². The van der Waals surface area contributed by atoms with Crippen molar-refractivity contribution in [2.24, 2.45) is 0 Å². The average molecular weight is 342 g/mol. The van der Waals surface area contributed by atoms with E-state index in [-0.39, 0.29) is 18.1 Å². The summed E-state index contributed by atoms with van der Waals surface area (Å²) < 4.78 is 0.732. The van der Waals surface area contributed by atoms with Gasteiger partial charge in [0.05, 0.1) is 24.4 Å². The molecule has 0 atom stereocenters. The van der Waals surface area contributed by atoms with Gasteiger partial charge in [0.15, 0.2) is 4.34 Å². The van der Waals surface area contributed by atoms with E-state index in [0.717, 1.165) is 19.8 Å². The van der Waals surface area contributed by atoms with E-state index in [0.29, 0.717) is 6.54 Å². The average Bonchev–Trinajstić information content (AvgIpc) is 3.04. The minimum atomic E-state index is -0.869. The Balaban J connectivity index is 1.79. The zero-order valence-electron chi connectivity index (χ0n) is 11.3. The maximum absolute atomic E-state index is 11.7. The molecule has 2 rings (SSSR count). The van der Waals surface area contributed by atoms with Crippen LogP contribution in [0.1, 0.15) is 15.4 Å². The van der Waals surface area contributed by atoms with E-state index < -0.39 is 5.97 Å². The maximum atomic E-state index is 11.7. The first kappa shape index (κ1) is 16.0. The summed E-state index contributed by atoms with van der Waals surface area (Å²) in [5, 5.41) is 13.6. The molecule has 2 N–H and O–H groups in total. The van der Waals surface area contributed by atoms with E-state index in [1.165, 1.54) is 23.1 Å². The van der Waals surface area contributed by atoms with Crippen molar-refractivity contribution in [2.75, 3.05) is 5.75 Å². The number of nitrogens with one attached hydrogen (secondary N) is 1. The normalized spacial score (nSPS) is 10.5. The number of aliphatic carboxylic acids is 1. The van der Waals surface area contributed by atoms with Gasteiger partial charge in [-0.15, -0.1) is 22.7 Å². The Hall–Kier alpha value is -1.38. The zero-order valence-corrected chi connectivity index (χ0v) is 13.7. The van der Waals surface area contributed by atoms with Crippen LogP contribution in [0.3, 0.4) is 0 Å². The third-order valence-electron chi connectivity index (χ3n) is 2.55. The number of carboxylic acids is 1. The van der Waals surface area contributed by atoms with Crippen molar-refractivity contribution in [1.82, 2.24) is 10.3 Å². The summed E-state index contributed by atoms with van der Waals surface area (Å²) in [6.07, 6.45) is -0.0192. The van der Waals surface area contributed by atoms with Crippen LogP contribution in [-0.4, -0.2) is 27.7 Å². The highest BCUT2D eigenvalue weighted by atomic mass is 32.2. The second-order valence-electron chi connectivity index (χ2n) is 4.20. The molecule has 2 aromatic rings. The Morgan fingerprint density at radius 2 is 2.29 bits per heavy atom. The molecule has 112 valence electrons. The topological polar surface area (TPSA) is 79.3 Å². The van der Waals surface area contributed by atoms with E-state index >= 15 is 0 Å². The highest BCUT2D eigenvalue weighted by Crippen LogP contribution is 2.27. The zero-order chi connectivity index (χ0) is 15.2. The summed E-state index contributed by atoms with van der Waals surface area (Å²) in [5.74, 6) is -0.641. The number of hydrogen-bond donors (Lipinski definition) is 2. The minimum absolute atomic E-state index is 0.0192. The van der Waals surface area contributed by atoms with Crippen LogP contribution in [0, 0.1) is 6.92 Å². The molecule has 21 heavy (non-hydrogen) atoms. The van der Waals surface area contributed by atoms with Gasteiger partial charge in [0.2, 0.25) is 5.91 Å². The molecule has 5 nitrogen and oxygen atoms in total. The van der Waals surface area contributed by atoms with Crippen molar-refractivity contribution >= 4 is 46.3 Å². The lowest BCUT2D eigenvalue weighted by molar-refractivity contribution is -0.136. The van der Waals surface area contributed by atoms with Gasteiger partial charge < -0.3 is 10.4 Å². The van der Waals surface area contributed by atoms with Gasteiger partial charge >= 0.3 is 5.97 Å². The first-order valence-electron chi connectivity index (χ1n) is 6.14. The lowest BCUT2D eigenvalue weighted by atomic mass is 10.3. The van der Waals surface area contributed by atoms with Gasteiger partial charge in [0.25, 0.3) is 0 Å². The Morgan fingerprint density at radius 3 is 2.95 bits per heavy atom. The summed E-state index contributed by atoms with van der Waals surface area (Å²) in [5.41, 5.74) is 0.726. The number of carbonyl (C=O) groups excluding carboxylic acids is 1. The number of hydrogen-bond acceptors (Lipinski definition) is 6. The van der Waals surface area contributed by atoms with E-state index in [1.54, 1.807) is 18.3 Å². The molecule has 8 heteroatoms. The van der Waals surface area contributed by atoms with Crippen LogP contribution < -0.4 is 5.32 Å². The Labute approximate surface area is 134 Å². The third kappa shape index (κ3) is 5.14. The monoisotopic (exact) mass is 342 g/mol. The molecule has 0 aliphatic rings. The first-order chi connectivity index (χ1) is 10.0. The molecular formula is C13H14N2O3S3. The molecule has 0 aliphatic carbocycles. The number of aryl methyl sites for hydroxylation is 1. The van der Waals surface area contributed by atoms with E-state index in [2.05, 4.69) is 10.3 Å². The van der Waals surface area contributed by atoms with E-state index in [4.69, 9.17) is 5.11 Å². The molecule has 0 saturated carbocycles. The van der Waals surface area contributed by atoms with E-state index in [9.17, 15) is 9.59 Å². The van der Waals surface area contributed by atoms with Crippen LogP contribution in [0.2, 0.25) is 0 Å². The molecule has 0 spiro atoms. The fraction of sp³-hybridized carbons (Fsp3) is 0.308. The SMILES string of the molecule is Cc1nc(SCC(=O)NCc2cccs2)sc1CC(=O)O. The number of nitrogens with zero attached hydrogens (tertiary/aromatic N) is 1. The Morgan fingerprint density at radius 1 is 1.48 bits per heavy atom. The number of amides is 1. The summed E-state index contributed by atoms with van der Waals surface area (Å²) in [4.78, 5) is 28.6. The molecule has 2 aromatic heterocycles. The quantitative estimate of drug-likeness (QED) is 0.756. The van der Waals surface area contributed by atoms with Crippen LogP contribution in [-0.2, 0) is 22.6 Å².